The fourth-order valence-electron chi connectivity index (χ4n) is 2.28. The lowest BCUT2D eigenvalue weighted by molar-refractivity contribution is 0.122. The molecule has 0 spiro atoms. The maximum Gasteiger partial charge on any atom is 0.0494 e. The van der Waals surface area contributed by atoms with E-state index in [1.807, 2.05) is 6.20 Å². The summed E-state index contributed by atoms with van der Waals surface area (Å²) < 4.78 is 5.61. The van der Waals surface area contributed by atoms with Crippen LogP contribution in [0.1, 0.15) is 24.8 Å². The molecule has 3 nitrogen and oxygen atoms in total. The Morgan fingerprint density at radius 3 is 3.11 bits per heavy atom. The summed E-state index contributed by atoms with van der Waals surface area (Å²) in [6.07, 6.45) is 5.83. The molecule has 1 heterocycles. The molecule has 1 saturated carbocycles. The van der Waals surface area contributed by atoms with Gasteiger partial charge >= 0.3 is 0 Å². The van der Waals surface area contributed by atoms with Gasteiger partial charge in [-0.3, -0.25) is 0 Å². The predicted octanol–water partition coefficient (Wildman–Crippen LogP) is 3.07. The van der Waals surface area contributed by atoms with Crippen molar-refractivity contribution in [3.05, 3.63) is 36.0 Å². The molecule has 0 bridgehead atoms. The zero-order valence-corrected chi connectivity index (χ0v) is 11.3. The van der Waals surface area contributed by atoms with E-state index in [0.717, 1.165) is 38.6 Å². The number of hydrogen-bond acceptors (Lipinski definition) is 2. The monoisotopic (exact) mass is 258 g/mol. The molecule has 3 rings (SSSR count). The number of aromatic amines is 1. The number of fused-ring (bicyclic) bond motifs is 1. The van der Waals surface area contributed by atoms with Crippen molar-refractivity contribution in [2.45, 2.75) is 25.8 Å². The van der Waals surface area contributed by atoms with Gasteiger partial charge in [-0.1, -0.05) is 6.07 Å². The first kappa shape index (κ1) is 12.7. The lowest BCUT2D eigenvalue weighted by Crippen LogP contribution is -2.16. The van der Waals surface area contributed by atoms with Crippen LogP contribution in [0.4, 0.5) is 0 Å². The van der Waals surface area contributed by atoms with Crippen LogP contribution < -0.4 is 5.32 Å². The van der Waals surface area contributed by atoms with E-state index in [2.05, 4.69) is 34.6 Å². The average Bonchev–Trinajstić information content (AvgIpc) is 3.13. The first-order valence-corrected chi connectivity index (χ1v) is 7.26. The number of benzene rings is 1. The highest BCUT2D eigenvalue weighted by Crippen LogP contribution is 2.28. The second-order valence-electron chi connectivity index (χ2n) is 5.45. The topological polar surface area (TPSA) is 37.0 Å². The van der Waals surface area contributed by atoms with Gasteiger partial charge in [0.2, 0.25) is 0 Å². The van der Waals surface area contributed by atoms with E-state index in [9.17, 15) is 0 Å². The molecule has 102 valence electrons. The standard InChI is InChI=1S/C16H22N2O/c1(9-19-12-13-2-3-13)7-17-11-14-4-5-16-15(10-14)6-8-18-16/h4-6,8,10,13,17-18H,1-3,7,9,11-12H2. The van der Waals surface area contributed by atoms with Gasteiger partial charge in [0.25, 0.3) is 0 Å². The Balaban J connectivity index is 1.32. The van der Waals surface area contributed by atoms with Gasteiger partial charge in [0, 0.05) is 31.5 Å². The van der Waals surface area contributed by atoms with Crippen LogP contribution >= 0.6 is 0 Å². The Morgan fingerprint density at radius 1 is 1.26 bits per heavy atom. The second kappa shape index (κ2) is 6.22. The Bertz CT molecular complexity index is 516. The molecule has 19 heavy (non-hydrogen) atoms. The maximum atomic E-state index is 5.61. The lowest BCUT2D eigenvalue weighted by atomic mass is 10.1. The van der Waals surface area contributed by atoms with E-state index in [1.165, 1.54) is 29.3 Å². The Morgan fingerprint density at radius 2 is 2.21 bits per heavy atom. The van der Waals surface area contributed by atoms with Crippen LogP contribution in [0.15, 0.2) is 30.5 Å². The summed E-state index contributed by atoms with van der Waals surface area (Å²) in [5, 5.41) is 4.76. The van der Waals surface area contributed by atoms with Crippen molar-refractivity contribution < 1.29 is 4.74 Å². The number of ether oxygens (including phenoxy) is 1. The van der Waals surface area contributed by atoms with Crippen molar-refractivity contribution in [1.29, 1.82) is 0 Å². The van der Waals surface area contributed by atoms with Gasteiger partial charge in [-0.15, -0.1) is 0 Å². The molecule has 3 heteroatoms. The van der Waals surface area contributed by atoms with E-state index in [0.29, 0.717) is 0 Å². The van der Waals surface area contributed by atoms with Gasteiger partial charge in [-0.05, 0) is 60.9 Å². The predicted molar refractivity (Wildman–Crippen MR) is 78.2 cm³/mol. The van der Waals surface area contributed by atoms with Crippen LogP contribution in [-0.2, 0) is 11.3 Å². The molecule has 0 unspecified atom stereocenters. The number of aromatic nitrogens is 1. The normalized spacial score (nSPS) is 15.2. The van der Waals surface area contributed by atoms with Gasteiger partial charge in [0.05, 0.1) is 0 Å². The van der Waals surface area contributed by atoms with Gasteiger partial charge in [0.1, 0.15) is 0 Å². The molecule has 1 fully saturated rings. The Labute approximate surface area is 114 Å². The summed E-state index contributed by atoms with van der Waals surface area (Å²) in [6.45, 7) is 3.82. The molecule has 0 radical (unpaired) electrons. The number of hydrogen-bond donors (Lipinski definition) is 2. The Hall–Kier alpha value is -1.32. The summed E-state index contributed by atoms with van der Waals surface area (Å²) in [4.78, 5) is 3.21. The first-order chi connectivity index (χ1) is 9.42. The second-order valence-corrected chi connectivity index (χ2v) is 5.45. The van der Waals surface area contributed by atoms with E-state index in [4.69, 9.17) is 4.74 Å². The Kier molecular flexibility index (Phi) is 4.16. The lowest BCUT2D eigenvalue weighted by Gasteiger charge is -2.06. The SMILES string of the molecule is c1cc2cc(CNCCCOCC3CC3)ccc2[nH]1. The third kappa shape index (κ3) is 3.82. The first-order valence-electron chi connectivity index (χ1n) is 7.26. The summed E-state index contributed by atoms with van der Waals surface area (Å²) in [7, 11) is 0. The summed E-state index contributed by atoms with van der Waals surface area (Å²) in [5.74, 6) is 0.876. The number of nitrogens with one attached hydrogen (secondary N) is 2. The number of H-pyrrole nitrogens is 1. The fourth-order valence-corrected chi connectivity index (χ4v) is 2.28. The van der Waals surface area contributed by atoms with Gasteiger partial charge in [-0.2, -0.15) is 0 Å². The van der Waals surface area contributed by atoms with Crippen molar-refractivity contribution in [1.82, 2.24) is 10.3 Å². The molecule has 1 aliphatic rings. The van der Waals surface area contributed by atoms with Crippen molar-refractivity contribution in [2.24, 2.45) is 5.92 Å². The van der Waals surface area contributed by atoms with E-state index >= 15 is 0 Å². The van der Waals surface area contributed by atoms with Crippen molar-refractivity contribution in [3.63, 3.8) is 0 Å². The molecule has 0 atom stereocenters. The molecular formula is C16H22N2O. The zero-order chi connectivity index (χ0) is 12.9. The maximum absolute atomic E-state index is 5.61. The summed E-state index contributed by atoms with van der Waals surface area (Å²) >= 11 is 0. The summed E-state index contributed by atoms with van der Waals surface area (Å²) in [6, 6.07) is 8.67. The molecule has 0 aliphatic heterocycles. The quantitative estimate of drug-likeness (QED) is 0.714. The minimum absolute atomic E-state index is 0.876. The fraction of sp³-hybridized carbons (Fsp3) is 0.500. The molecule has 2 N–H and O–H groups in total. The minimum atomic E-state index is 0.876. The van der Waals surface area contributed by atoms with Crippen LogP contribution in [0.3, 0.4) is 0 Å². The van der Waals surface area contributed by atoms with E-state index < -0.39 is 0 Å². The van der Waals surface area contributed by atoms with Gasteiger partial charge in [0.15, 0.2) is 0 Å². The van der Waals surface area contributed by atoms with Crippen LogP contribution in [0.5, 0.6) is 0 Å². The van der Waals surface area contributed by atoms with E-state index in [1.54, 1.807) is 0 Å². The highest BCUT2D eigenvalue weighted by molar-refractivity contribution is 5.79. The smallest absolute Gasteiger partial charge is 0.0494 e. The highest BCUT2D eigenvalue weighted by Gasteiger charge is 2.20. The van der Waals surface area contributed by atoms with Gasteiger partial charge in [-0.25, -0.2) is 0 Å². The molecular weight excluding hydrogens is 236 g/mol. The highest BCUT2D eigenvalue weighted by atomic mass is 16.5. The van der Waals surface area contributed by atoms with Crippen LogP contribution in [0.2, 0.25) is 0 Å². The van der Waals surface area contributed by atoms with Crippen molar-refractivity contribution >= 4 is 10.9 Å². The minimum Gasteiger partial charge on any atom is -0.381 e. The molecule has 1 aliphatic carbocycles. The van der Waals surface area contributed by atoms with Crippen LogP contribution in [0, 0.1) is 5.92 Å². The molecule has 2 aromatic rings. The third-order valence-corrected chi connectivity index (χ3v) is 3.64. The molecule has 1 aromatic carbocycles. The zero-order valence-electron chi connectivity index (χ0n) is 11.3. The molecule has 1 aromatic heterocycles. The van der Waals surface area contributed by atoms with Crippen LogP contribution in [-0.4, -0.2) is 24.7 Å². The third-order valence-electron chi connectivity index (χ3n) is 3.64. The van der Waals surface area contributed by atoms with Gasteiger partial charge < -0.3 is 15.0 Å². The molecule has 0 amide bonds. The summed E-state index contributed by atoms with van der Waals surface area (Å²) in [5.41, 5.74) is 2.54. The average molecular weight is 258 g/mol. The van der Waals surface area contributed by atoms with Crippen LogP contribution in [0.25, 0.3) is 10.9 Å². The largest absolute Gasteiger partial charge is 0.381 e. The van der Waals surface area contributed by atoms with E-state index in [-0.39, 0.29) is 0 Å². The van der Waals surface area contributed by atoms with Crippen molar-refractivity contribution in [3.8, 4) is 0 Å². The molecule has 0 saturated heterocycles. The number of rotatable bonds is 8. The van der Waals surface area contributed by atoms with Crippen molar-refractivity contribution in [2.75, 3.05) is 19.8 Å².